The topological polar surface area (TPSA) is 15.7 Å². The zero-order valence-electron chi connectivity index (χ0n) is 22.3. The third-order valence-corrected chi connectivity index (χ3v) is 7.67. The Labute approximate surface area is 238 Å². The molecule has 2 heterocycles. The van der Waals surface area contributed by atoms with Gasteiger partial charge in [-0.15, -0.1) is 0 Å². The number of rotatable bonds is 3. The summed E-state index contributed by atoms with van der Waals surface area (Å²) in [6, 6.07) is 28.6. The van der Waals surface area contributed by atoms with Crippen LogP contribution < -0.4 is 5.43 Å². The van der Waals surface area contributed by atoms with E-state index in [9.17, 15) is 13.2 Å². The molecule has 2 aliphatic rings. The van der Waals surface area contributed by atoms with E-state index in [4.69, 9.17) is 4.42 Å². The van der Waals surface area contributed by atoms with Gasteiger partial charge in [-0.05, 0) is 71.3 Å². The maximum Gasteiger partial charge on any atom is 0.352 e. The normalized spacial score (nSPS) is 12.1. The van der Waals surface area contributed by atoms with Crippen molar-refractivity contribution in [3.05, 3.63) is 149 Å². The van der Waals surface area contributed by atoms with Crippen molar-refractivity contribution in [2.75, 3.05) is 7.11 Å². The van der Waals surface area contributed by atoms with E-state index in [-0.39, 0.29) is 5.82 Å². The summed E-state index contributed by atoms with van der Waals surface area (Å²) in [5, 5.41) is 0.929. The van der Waals surface area contributed by atoms with Gasteiger partial charge in [0, 0.05) is 39.7 Å². The van der Waals surface area contributed by atoms with Gasteiger partial charge in [-0.25, -0.2) is 17.6 Å². The van der Waals surface area contributed by atoms with Crippen LogP contribution in [0.25, 0.3) is 60.9 Å². The molecule has 0 amide bonds. The first kappa shape index (κ1) is 25.7. The van der Waals surface area contributed by atoms with Crippen LogP contribution >= 0.6 is 0 Å². The Bertz CT molecular complexity index is 2160. The highest BCUT2D eigenvalue weighted by molar-refractivity contribution is 6.15. The minimum absolute atomic E-state index is 0.328. The third kappa shape index (κ3) is 4.06. The van der Waals surface area contributed by atoms with E-state index < -0.39 is 17.5 Å². The van der Waals surface area contributed by atoms with Crippen LogP contribution in [-0.4, -0.2) is 11.5 Å². The highest BCUT2D eigenvalue weighted by Gasteiger charge is 2.26. The number of hydrogen-bond donors (Lipinski definition) is 0. The highest BCUT2D eigenvalue weighted by Crippen LogP contribution is 2.46. The molecule has 5 aromatic rings. The van der Waals surface area contributed by atoms with E-state index >= 15 is 4.39 Å². The van der Waals surface area contributed by atoms with Crippen LogP contribution in [0.15, 0.2) is 120 Å². The summed E-state index contributed by atoms with van der Waals surface area (Å²) >= 11 is 0. The lowest BCUT2D eigenvalue weighted by Gasteiger charge is -2.24. The number of aromatic nitrogens is 1. The monoisotopic (exact) mass is 560 g/mol. The smallest absolute Gasteiger partial charge is 0.314 e. The number of hydrogen-bond acceptors (Lipinski definition) is 0. The molecule has 1 aliphatic heterocycles. The zero-order chi connectivity index (χ0) is 29.0. The SMILES string of the molecule is C[O+]=c1cccc2c(-c3ccc(F)cc3)c3c4cccc(F)c4c(-c4ccc(F)cc4)c(-c4ccc(F)cc4)n3cc1-2. The van der Waals surface area contributed by atoms with Crippen molar-refractivity contribution in [3.63, 3.8) is 0 Å². The Kier molecular flexibility index (Phi) is 6.12. The molecule has 0 N–H and O–H groups in total. The molecular formula is C36H22F4NO+. The van der Waals surface area contributed by atoms with Crippen LogP contribution in [0, 0.1) is 23.3 Å². The maximum atomic E-state index is 16.1. The summed E-state index contributed by atoms with van der Waals surface area (Å²) in [6.07, 6.45) is 1.92. The summed E-state index contributed by atoms with van der Waals surface area (Å²) in [6.45, 7) is 0. The molecule has 4 aromatic carbocycles. The average Bonchev–Trinajstić information content (AvgIpc) is 3.01. The van der Waals surface area contributed by atoms with Crippen molar-refractivity contribution < 1.29 is 17.6 Å². The first-order valence-corrected chi connectivity index (χ1v) is 13.3. The molecule has 7 rings (SSSR count). The van der Waals surface area contributed by atoms with Gasteiger partial charge < -0.3 is 4.40 Å². The molecule has 0 bridgehead atoms. The summed E-state index contributed by atoms with van der Waals surface area (Å²) in [4.78, 5) is 0. The van der Waals surface area contributed by atoms with E-state index in [1.54, 1.807) is 49.6 Å². The summed E-state index contributed by atoms with van der Waals surface area (Å²) in [7, 11) is 1.59. The maximum absolute atomic E-state index is 16.1. The summed E-state index contributed by atoms with van der Waals surface area (Å²) < 4.78 is 66.2. The van der Waals surface area contributed by atoms with Gasteiger partial charge in [-0.1, -0.05) is 48.5 Å². The second kappa shape index (κ2) is 10.00. The van der Waals surface area contributed by atoms with Crippen molar-refractivity contribution in [1.29, 1.82) is 0 Å². The Morgan fingerprint density at radius 3 is 1.69 bits per heavy atom. The van der Waals surface area contributed by atoms with Gasteiger partial charge >= 0.3 is 5.43 Å². The molecule has 0 spiro atoms. The quantitative estimate of drug-likeness (QED) is 0.0886. The van der Waals surface area contributed by atoms with E-state index in [2.05, 4.69) is 0 Å². The Balaban J connectivity index is 1.82. The average molecular weight is 561 g/mol. The van der Waals surface area contributed by atoms with Crippen molar-refractivity contribution in [2.45, 2.75) is 0 Å². The molecule has 0 saturated heterocycles. The molecule has 0 radical (unpaired) electrons. The molecular weight excluding hydrogens is 538 g/mol. The highest BCUT2D eigenvalue weighted by atomic mass is 19.1. The van der Waals surface area contributed by atoms with Gasteiger partial charge in [0.05, 0.1) is 11.2 Å². The first-order chi connectivity index (χ1) is 20.4. The number of halogens is 4. The molecule has 1 aliphatic carbocycles. The lowest BCUT2D eigenvalue weighted by Crippen LogP contribution is -2.11. The molecule has 2 nitrogen and oxygen atoms in total. The molecule has 204 valence electrons. The van der Waals surface area contributed by atoms with Crippen molar-refractivity contribution >= 4 is 16.3 Å². The number of fused-ring (bicyclic) bond motifs is 4. The van der Waals surface area contributed by atoms with Crippen LogP contribution in [0.5, 0.6) is 0 Å². The third-order valence-electron chi connectivity index (χ3n) is 7.67. The molecule has 0 atom stereocenters. The number of benzene rings is 5. The van der Waals surface area contributed by atoms with E-state index in [1.165, 1.54) is 42.5 Å². The lowest BCUT2D eigenvalue weighted by atomic mass is 9.87. The van der Waals surface area contributed by atoms with E-state index in [0.717, 1.165) is 22.3 Å². The fourth-order valence-electron chi connectivity index (χ4n) is 5.87. The molecule has 0 fully saturated rings. The van der Waals surface area contributed by atoms with Crippen molar-refractivity contribution in [1.82, 2.24) is 4.40 Å². The largest absolute Gasteiger partial charge is 0.352 e. The van der Waals surface area contributed by atoms with Gasteiger partial charge in [-0.2, -0.15) is 0 Å². The minimum atomic E-state index is -0.464. The van der Waals surface area contributed by atoms with Crippen LogP contribution in [-0.2, 0) is 0 Å². The van der Waals surface area contributed by atoms with E-state index in [0.29, 0.717) is 44.1 Å². The van der Waals surface area contributed by atoms with Crippen LogP contribution in [0.1, 0.15) is 0 Å². The molecule has 42 heavy (non-hydrogen) atoms. The Morgan fingerprint density at radius 2 is 1.10 bits per heavy atom. The first-order valence-electron chi connectivity index (χ1n) is 13.3. The second-order valence-electron chi connectivity index (χ2n) is 10.1. The summed E-state index contributed by atoms with van der Waals surface area (Å²) in [5.74, 6) is -1.68. The van der Waals surface area contributed by atoms with Gasteiger partial charge in [0.15, 0.2) is 0 Å². The van der Waals surface area contributed by atoms with Gasteiger partial charge in [-0.3, -0.25) is 4.42 Å². The second-order valence-corrected chi connectivity index (χ2v) is 10.1. The molecule has 0 unspecified atom stereocenters. The number of pyridine rings is 2. The minimum Gasteiger partial charge on any atom is -0.314 e. The molecule has 0 saturated carbocycles. The Hall–Kier alpha value is -5.23. The predicted octanol–water partition coefficient (Wildman–Crippen LogP) is 9.28. The summed E-state index contributed by atoms with van der Waals surface area (Å²) in [5.41, 5.74) is 6.64. The number of nitrogens with zero attached hydrogens (tertiary/aromatic N) is 1. The van der Waals surface area contributed by atoms with E-state index in [1.807, 2.05) is 34.9 Å². The van der Waals surface area contributed by atoms with Crippen molar-refractivity contribution in [3.8, 4) is 44.6 Å². The predicted molar refractivity (Wildman–Crippen MR) is 160 cm³/mol. The van der Waals surface area contributed by atoms with Crippen LogP contribution in [0.3, 0.4) is 0 Å². The fraction of sp³-hybridized carbons (Fsp3) is 0.0278. The standard InChI is InChI=1S/C36H22F4NO/c1-42-31-7-3-4-27-29(31)20-41-35(23-12-18-26(39)19-13-23)33(22-10-16-25(38)17-11-22)34-28(5-2-6-30(34)40)36(41)32(27)21-8-14-24(37)15-9-21/h2-20H,1H3/q+1. The van der Waals surface area contributed by atoms with Crippen LogP contribution in [0.2, 0.25) is 0 Å². The van der Waals surface area contributed by atoms with Gasteiger partial charge in [0.2, 0.25) is 0 Å². The molecule has 6 heteroatoms. The Morgan fingerprint density at radius 1 is 0.548 bits per heavy atom. The lowest BCUT2D eigenvalue weighted by molar-refractivity contribution is 0.627. The van der Waals surface area contributed by atoms with Crippen LogP contribution in [0.4, 0.5) is 17.6 Å². The van der Waals surface area contributed by atoms with Crippen molar-refractivity contribution in [2.24, 2.45) is 0 Å². The molecule has 1 aromatic heterocycles. The van der Waals surface area contributed by atoms with Gasteiger partial charge in [0.25, 0.3) is 7.11 Å². The fourth-order valence-corrected chi connectivity index (χ4v) is 5.87. The zero-order valence-corrected chi connectivity index (χ0v) is 22.3. The van der Waals surface area contributed by atoms with Gasteiger partial charge in [0.1, 0.15) is 28.8 Å².